The van der Waals surface area contributed by atoms with Crippen LogP contribution in [0.5, 0.6) is 11.5 Å². The predicted octanol–water partition coefficient (Wildman–Crippen LogP) is 4.07. The molecule has 164 valence electrons. The SMILES string of the molecule is C[C@H](N)c1oc(-c2ccc(OC(F)F)c(OCC3CC3)c2)nc1C(=O)NC1CC1.Cl. The van der Waals surface area contributed by atoms with Gasteiger partial charge in [0, 0.05) is 11.6 Å². The van der Waals surface area contributed by atoms with Crippen LogP contribution in [0.25, 0.3) is 11.5 Å². The summed E-state index contributed by atoms with van der Waals surface area (Å²) in [5, 5.41) is 2.87. The molecule has 0 bridgehead atoms. The first-order valence-corrected chi connectivity index (χ1v) is 9.70. The third-order valence-corrected chi connectivity index (χ3v) is 4.77. The van der Waals surface area contributed by atoms with E-state index in [1.165, 1.54) is 18.2 Å². The highest BCUT2D eigenvalue weighted by Crippen LogP contribution is 2.37. The molecule has 2 fully saturated rings. The lowest BCUT2D eigenvalue weighted by atomic mass is 10.2. The molecule has 0 radical (unpaired) electrons. The Labute approximate surface area is 178 Å². The largest absolute Gasteiger partial charge is 0.489 e. The van der Waals surface area contributed by atoms with Crippen LogP contribution >= 0.6 is 12.4 Å². The third kappa shape index (κ3) is 5.40. The molecular formula is C20H24ClF2N3O4. The van der Waals surface area contributed by atoms with Gasteiger partial charge in [-0.25, -0.2) is 4.98 Å². The van der Waals surface area contributed by atoms with E-state index in [-0.39, 0.29) is 53.2 Å². The monoisotopic (exact) mass is 443 g/mol. The lowest BCUT2D eigenvalue weighted by Gasteiger charge is -2.12. The molecule has 1 aromatic heterocycles. The summed E-state index contributed by atoms with van der Waals surface area (Å²) in [6, 6.07) is 4.06. The number of oxazole rings is 1. The Balaban J connectivity index is 0.00000256. The first-order valence-electron chi connectivity index (χ1n) is 9.70. The Hall–Kier alpha value is -2.39. The molecule has 2 aromatic rings. The van der Waals surface area contributed by atoms with Gasteiger partial charge in [-0.05, 0) is 56.7 Å². The molecule has 0 saturated heterocycles. The maximum atomic E-state index is 12.7. The molecule has 4 rings (SSSR count). The van der Waals surface area contributed by atoms with Gasteiger partial charge in [-0.15, -0.1) is 12.4 Å². The van der Waals surface area contributed by atoms with E-state index >= 15 is 0 Å². The standard InChI is InChI=1S/C20H23F2N3O4.ClH/c1-10(23)17-16(18(26)24-13-5-6-13)25-19(29-17)12-4-7-14(28-20(21)22)15(8-12)27-9-11-2-3-11;/h4,7-8,10-11,13,20H,2-3,5-6,9,23H2,1H3,(H,24,26);1H/t10-;/m0./s1. The van der Waals surface area contributed by atoms with Crippen LogP contribution in [0.4, 0.5) is 8.78 Å². The molecule has 10 heteroatoms. The number of benzene rings is 1. The molecule has 1 atom stereocenters. The fourth-order valence-electron chi connectivity index (χ4n) is 2.85. The molecule has 2 aliphatic carbocycles. The third-order valence-electron chi connectivity index (χ3n) is 4.77. The minimum Gasteiger partial charge on any atom is -0.489 e. The van der Waals surface area contributed by atoms with E-state index in [2.05, 4.69) is 15.0 Å². The van der Waals surface area contributed by atoms with E-state index in [0.717, 1.165) is 25.7 Å². The number of carbonyl (C=O) groups excluding carboxylic acids is 1. The molecule has 0 spiro atoms. The van der Waals surface area contributed by atoms with Crippen molar-refractivity contribution in [3.63, 3.8) is 0 Å². The average Bonchev–Trinajstić information content (AvgIpc) is 3.59. The normalized spacial score (nSPS) is 16.7. The summed E-state index contributed by atoms with van der Waals surface area (Å²) in [6.07, 6.45) is 4.00. The van der Waals surface area contributed by atoms with E-state index in [1.807, 2.05) is 0 Å². The van der Waals surface area contributed by atoms with Crippen molar-refractivity contribution >= 4 is 18.3 Å². The van der Waals surface area contributed by atoms with E-state index < -0.39 is 12.7 Å². The van der Waals surface area contributed by atoms with Crippen molar-refractivity contribution in [1.82, 2.24) is 10.3 Å². The van der Waals surface area contributed by atoms with Gasteiger partial charge in [-0.1, -0.05) is 0 Å². The van der Waals surface area contributed by atoms with Gasteiger partial charge in [0.05, 0.1) is 12.6 Å². The highest BCUT2D eigenvalue weighted by Gasteiger charge is 2.29. The van der Waals surface area contributed by atoms with E-state index in [1.54, 1.807) is 6.92 Å². The number of nitrogens with zero attached hydrogens (tertiary/aromatic N) is 1. The number of ether oxygens (including phenoxy) is 2. The Morgan fingerprint density at radius 3 is 2.63 bits per heavy atom. The number of rotatable bonds is 9. The molecule has 0 unspecified atom stereocenters. The minimum atomic E-state index is -2.96. The van der Waals surface area contributed by atoms with Gasteiger partial charge in [-0.2, -0.15) is 8.78 Å². The summed E-state index contributed by atoms with van der Waals surface area (Å²) in [5.74, 6) is 0.652. The van der Waals surface area contributed by atoms with Crippen LogP contribution in [-0.4, -0.2) is 30.2 Å². The van der Waals surface area contributed by atoms with Gasteiger partial charge < -0.3 is 24.9 Å². The highest BCUT2D eigenvalue weighted by atomic mass is 35.5. The van der Waals surface area contributed by atoms with Crippen LogP contribution in [0.15, 0.2) is 22.6 Å². The van der Waals surface area contributed by atoms with Gasteiger partial charge in [-0.3, -0.25) is 4.79 Å². The summed E-state index contributed by atoms with van der Waals surface area (Å²) < 4.78 is 41.4. The number of nitrogens with one attached hydrogen (secondary N) is 1. The van der Waals surface area contributed by atoms with Crippen LogP contribution in [0, 0.1) is 5.92 Å². The molecule has 3 N–H and O–H groups in total. The van der Waals surface area contributed by atoms with Crippen LogP contribution in [0.2, 0.25) is 0 Å². The number of halogens is 3. The van der Waals surface area contributed by atoms with Gasteiger partial charge in [0.2, 0.25) is 5.89 Å². The number of hydrogen-bond donors (Lipinski definition) is 2. The van der Waals surface area contributed by atoms with Crippen molar-refractivity contribution < 1.29 is 27.5 Å². The highest BCUT2D eigenvalue weighted by molar-refractivity contribution is 5.94. The molecule has 7 nitrogen and oxygen atoms in total. The molecule has 1 heterocycles. The zero-order valence-electron chi connectivity index (χ0n) is 16.4. The number of alkyl halides is 2. The van der Waals surface area contributed by atoms with Crippen molar-refractivity contribution in [2.24, 2.45) is 11.7 Å². The topological polar surface area (TPSA) is 99.6 Å². The van der Waals surface area contributed by atoms with Crippen molar-refractivity contribution in [2.75, 3.05) is 6.61 Å². The zero-order chi connectivity index (χ0) is 20.5. The molecule has 1 aromatic carbocycles. The number of aromatic nitrogens is 1. The maximum Gasteiger partial charge on any atom is 0.387 e. The fourth-order valence-corrected chi connectivity index (χ4v) is 2.85. The average molecular weight is 444 g/mol. The maximum absolute atomic E-state index is 12.7. The summed E-state index contributed by atoms with van der Waals surface area (Å²) in [6.45, 7) is -0.843. The second-order valence-corrected chi connectivity index (χ2v) is 7.56. The second kappa shape index (κ2) is 9.18. The van der Waals surface area contributed by atoms with Crippen molar-refractivity contribution in [1.29, 1.82) is 0 Å². The lowest BCUT2D eigenvalue weighted by Crippen LogP contribution is -2.27. The Morgan fingerprint density at radius 1 is 1.30 bits per heavy atom. The number of amides is 1. The van der Waals surface area contributed by atoms with Crippen molar-refractivity contribution in [2.45, 2.75) is 51.3 Å². The van der Waals surface area contributed by atoms with E-state index in [9.17, 15) is 13.6 Å². The van der Waals surface area contributed by atoms with Crippen molar-refractivity contribution in [3.05, 3.63) is 29.7 Å². The summed E-state index contributed by atoms with van der Waals surface area (Å²) in [4.78, 5) is 16.8. The van der Waals surface area contributed by atoms with Crippen LogP contribution in [0.3, 0.4) is 0 Å². The molecule has 2 aliphatic rings. The first kappa shape index (κ1) is 22.3. The summed E-state index contributed by atoms with van der Waals surface area (Å²) >= 11 is 0. The van der Waals surface area contributed by atoms with Crippen molar-refractivity contribution in [3.8, 4) is 23.0 Å². The molecule has 2 saturated carbocycles. The van der Waals surface area contributed by atoms with Gasteiger partial charge in [0.15, 0.2) is 23.0 Å². The summed E-state index contributed by atoms with van der Waals surface area (Å²) in [7, 11) is 0. The van der Waals surface area contributed by atoms with Crippen LogP contribution in [-0.2, 0) is 0 Å². The number of nitrogens with two attached hydrogens (primary N) is 1. The quantitative estimate of drug-likeness (QED) is 0.606. The lowest BCUT2D eigenvalue weighted by molar-refractivity contribution is -0.0515. The van der Waals surface area contributed by atoms with E-state index in [0.29, 0.717) is 18.1 Å². The van der Waals surface area contributed by atoms with Crippen LogP contribution < -0.4 is 20.5 Å². The van der Waals surface area contributed by atoms with Gasteiger partial charge in [0.1, 0.15) is 0 Å². The Bertz CT molecular complexity index is 898. The Kier molecular flexibility index (Phi) is 6.82. The predicted molar refractivity (Wildman–Crippen MR) is 107 cm³/mol. The molecule has 30 heavy (non-hydrogen) atoms. The molecular weight excluding hydrogens is 420 g/mol. The van der Waals surface area contributed by atoms with Gasteiger partial charge >= 0.3 is 6.61 Å². The second-order valence-electron chi connectivity index (χ2n) is 7.56. The minimum absolute atomic E-state index is 0. The smallest absolute Gasteiger partial charge is 0.387 e. The zero-order valence-corrected chi connectivity index (χ0v) is 17.2. The Morgan fingerprint density at radius 2 is 2.03 bits per heavy atom. The number of carbonyl (C=O) groups is 1. The van der Waals surface area contributed by atoms with Gasteiger partial charge in [0.25, 0.3) is 5.91 Å². The first-order chi connectivity index (χ1) is 13.9. The fraction of sp³-hybridized carbons (Fsp3) is 0.500. The number of hydrogen-bond acceptors (Lipinski definition) is 6. The van der Waals surface area contributed by atoms with E-state index in [4.69, 9.17) is 14.9 Å². The molecule has 0 aliphatic heterocycles. The summed E-state index contributed by atoms with van der Waals surface area (Å²) in [5.41, 5.74) is 6.56. The van der Waals surface area contributed by atoms with Crippen LogP contribution in [0.1, 0.15) is 54.9 Å². The molecule has 1 amide bonds.